The molecule has 1 saturated heterocycles. The first-order chi connectivity index (χ1) is 15.0. The normalized spacial score (nSPS) is 16.4. The molecule has 0 saturated carbocycles. The number of hydrogen-bond acceptors (Lipinski definition) is 5. The van der Waals surface area contributed by atoms with Crippen LogP contribution in [0.1, 0.15) is 12.8 Å². The van der Waals surface area contributed by atoms with Gasteiger partial charge in [-0.25, -0.2) is 4.39 Å². The van der Waals surface area contributed by atoms with Gasteiger partial charge in [-0.2, -0.15) is 0 Å². The number of fused-ring (bicyclic) bond motifs is 1. The molecule has 0 aliphatic carbocycles. The van der Waals surface area contributed by atoms with Gasteiger partial charge in [0.15, 0.2) is 11.6 Å². The molecule has 0 radical (unpaired) electrons. The number of nitrogens with zero attached hydrogens (tertiary/aromatic N) is 1. The topological polar surface area (TPSA) is 62.2 Å². The Morgan fingerprint density at radius 2 is 1.77 bits per heavy atom. The molecule has 0 aromatic heterocycles. The fraction of sp³-hybridized carbons (Fsp3) is 0.360. The highest BCUT2D eigenvalue weighted by molar-refractivity contribution is 6.00. The van der Waals surface area contributed by atoms with Crippen LogP contribution in [0.15, 0.2) is 54.6 Å². The maximum absolute atomic E-state index is 13.8. The Morgan fingerprint density at radius 1 is 1.03 bits per heavy atom. The van der Waals surface area contributed by atoms with Gasteiger partial charge in [0.1, 0.15) is 18.5 Å². The third-order valence-corrected chi connectivity index (χ3v) is 5.80. The van der Waals surface area contributed by atoms with Gasteiger partial charge in [-0.1, -0.05) is 36.4 Å². The lowest BCUT2D eigenvalue weighted by atomic mass is 9.97. The van der Waals surface area contributed by atoms with Gasteiger partial charge >= 0.3 is 0 Å². The molecule has 3 aromatic carbocycles. The highest BCUT2D eigenvalue weighted by Crippen LogP contribution is 2.36. The van der Waals surface area contributed by atoms with Gasteiger partial charge in [0, 0.05) is 25.0 Å². The van der Waals surface area contributed by atoms with Gasteiger partial charge in [-0.05, 0) is 47.6 Å². The number of β-amino-alcohol motifs (C(OH)–C–C–N with tert-alkyl or cyclic N) is 1. The Hall–Kier alpha value is -2.67. The van der Waals surface area contributed by atoms with E-state index in [1.807, 2.05) is 36.4 Å². The van der Waals surface area contributed by atoms with Crippen LogP contribution in [0.3, 0.4) is 0 Å². The van der Waals surface area contributed by atoms with E-state index in [1.165, 1.54) is 13.2 Å². The summed E-state index contributed by atoms with van der Waals surface area (Å²) in [5, 5.41) is 22.0. The number of methoxy groups -OCH3 is 1. The van der Waals surface area contributed by atoms with Crippen LogP contribution >= 0.6 is 0 Å². The van der Waals surface area contributed by atoms with Crippen molar-refractivity contribution in [1.29, 1.82) is 0 Å². The summed E-state index contributed by atoms with van der Waals surface area (Å²) in [6.07, 6.45) is 0.646. The minimum Gasteiger partial charge on any atom is -0.494 e. The van der Waals surface area contributed by atoms with Crippen molar-refractivity contribution in [3.05, 3.63) is 60.4 Å². The lowest BCUT2D eigenvalue weighted by molar-refractivity contribution is 0.0340. The van der Waals surface area contributed by atoms with E-state index in [1.54, 1.807) is 12.1 Å². The van der Waals surface area contributed by atoms with E-state index < -0.39 is 11.9 Å². The first-order valence-electron chi connectivity index (χ1n) is 10.6. The molecule has 6 heteroatoms. The Balaban J connectivity index is 1.52. The molecule has 5 nitrogen and oxygen atoms in total. The molecule has 1 aliphatic heterocycles. The average Bonchev–Trinajstić information content (AvgIpc) is 2.79. The zero-order valence-corrected chi connectivity index (χ0v) is 17.6. The third kappa shape index (κ3) is 4.98. The molecule has 3 aromatic rings. The van der Waals surface area contributed by atoms with Gasteiger partial charge in [0.05, 0.1) is 13.2 Å². The number of piperidine rings is 1. The summed E-state index contributed by atoms with van der Waals surface area (Å²) < 4.78 is 25.0. The predicted octanol–water partition coefficient (Wildman–Crippen LogP) is 3.85. The Kier molecular flexibility index (Phi) is 6.70. The monoisotopic (exact) mass is 425 g/mol. The number of ether oxygens (including phenoxy) is 2. The highest BCUT2D eigenvalue weighted by atomic mass is 19.1. The molecular weight excluding hydrogens is 397 g/mol. The fourth-order valence-corrected chi connectivity index (χ4v) is 4.11. The summed E-state index contributed by atoms with van der Waals surface area (Å²) in [6.45, 7) is 2.29. The van der Waals surface area contributed by atoms with Crippen LogP contribution in [-0.2, 0) is 0 Å². The highest BCUT2D eigenvalue weighted by Gasteiger charge is 2.20. The van der Waals surface area contributed by atoms with E-state index in [-0.39, 0.29) is 18.5 Å². The van der Waals surface area contributed by atoms with E-state index in [9.17, 15) is 14.6 Å². The van der Waals surface area contributed by atoms with Crippen LogP contribution < -0.4 is 9.47 Å². The molecule has 164 valence electrons. The van der Waals surface area contributed by atoms with Crippen molar-refractivity contribution in [2.24, 2.45) is 0 Å². The molecular formula is C25H28FNO4. The molecule has 0 bridgehead atoms. The van der Waals surface area contributed by atoms with Gasteiger partial charge in [-0.15, -0.1) is 0 Å². The van der Waals surface area contributed by atoms with Gasteiger partial charge in [0.25, 0.3) is 0 Å². The number of rotatable bonds is 7. The zero-order valence-electron chi connectivity index (χ0n) is 17.6. The van der Waals surface area contributed by atoms with E-state index in [2.05, 4.69) is 4.90 Å². The van der Waals surface area contributed by atoms with Gasteiger partial charge in [-0.3, -0.25) is 0 Å². The summed E-state index contributed by atoms with van der Waals surface area (Å²) in [7, 11) is 1.45. The van der Waals surface area contributed by atoms with E-state index >= 15 is 0 Å². The molecule has 1 atom stereocenters. The lowest BCUT2D eigenvalue weighted by Crippen LogP contribution is -2.41. The number of halogens is 1. The van der Waals surface area contributed by atoms with Crippen LogP contribution in [0, 0.1) is 5.82 Å². The molecule has 1 fully saturated rings. The first kappa shape index (κ1) is 21.6. The number of aliphatic hydroxyl groups is 2. The summed E-state index contributed by atoms with van der Waals surface area (Å²) in [6, 6.07) is 16.5. The minimum absolute atomic E-state index is 0.187. The summed E-state index contributed by atoms with van der Waals surface area (Å²) in [4.78, 5) is 2.16. The van der Waals surface area contributed by atoms with Gasteiger partial charge in [0.2, 0.25) is 0 Å². The van der Waals surface area contributed by atoms with E-state index in [4.69, 9.17) is 9.47 Å². The largest absolute Gasteiger partial charge is 0.494 e. The predicted molar refractivity (Wildman–Crippen MR) is 119 cm³/mol. The second-order valence-corrected chi connectivity index (χ2v) is 8.00. The van der Waals surface area contributed by atoms with Gasteiger partial charge < -0.3 is 24.6 Å². The van der Waals surface area contributed by atoms with Crippen molar-refractivity contribution < 1.29 is 24.1 Å². The van der Waals surface area contributed by atoms with Crippen LogP contribution in [0.4, 0.5) is 4.39 Å². The van der Waals surface area contributed by atoms with Crippen LogP contribution in [0.5, 0.6) is 11.5 Å². The van der Waals surface area contributed by atoms with Crippen molar-refractivity contribution in [2.45, 2.75) is 25.0 Å². The van der Waals surface area contributed by atoms with E-state index in [0.717, 1.165) is 47.8 Å². The molecule has 1 unspecified atom stereocenters. The second kappa shape index (κ2) is 9.64. The van der Waals surface area contributed by atoms with Crippen molar-refractivity contribution in [1.82, 2.24) is 4.90 Å². The van der Waals surface area contributed by atoms with Crippen molar-refractivity contribution in [2.75, 3.05) is 33.4 Å². The maximum atomic E-state index is 13.8. The quantitative estimate of drug-likeness (QED) is 0.602. The molecule has 2 N–H and O–H groups in total. The van der Waals surface area contributed by atoms with Crippen molar-refractivity contribution >= 4 is 10.8 Å². The molecule has 31 heavy (non-hydrogen) atoms. The van der Waals surface area contributed by atoms with Crippen LogP contribution in [0.25, 0.3) is 21.9 Å². The summed E-state index contributed by atoms with van der Waals surface area (Å²) in [5.74, 6) is 0.504. The first-order valence-corrected chi connectivity index (χ1v) is 10.6. The zero-order chi connectivity index (χ0) is 21.8. The fourth-order valence-electron chi connectivity index (χ4n) is 4.11. The number of benzene rings is 3. The molecule has 0 spiro atoms. The average molecular weight is 426 g/mol. The number of likely N-dealkylation sites (tertiary alicyclic amines) is 1. The number of aliphatic hydroxyl groups excluding tert-OH is 2. The standard InChI is InChI=1S/C25H28FNO4/c1-30-25-14-17(6-8-23(25)26)20-7-9-24(22-5-3-2-4-21(20)22)31-16-19(29)15-27-12-10-18(28)11-13-27/h2-9,14,18-19,28-29H,10-13,15-16H2,1H3. The molecule has 0 amide bonds. The molecule has 4 rings (SSSR count). The van der Waals surface area contributed by atoms with Crippen molar-refractivity contribution in [3.63, 3.8) is 0 Å². The Bertz CT molecular complexity index is 1030. The van der Waals surface area contributed by atoms with Crippen molar-refractivity contribution in [3.8, 4) is 22.6 Å². The SMILES string of the molecule is COc1cc(-c2ccc(OCC(O)CN3CCC(O)CC3)c3ccccc23)ccc1F. The lowest BCUT2D eigenvalue weighted by Gasteiger charge is -2.30. The molecule has 1 aliphatic rings. The van der Waals surface area contributed by atoms with E-state index in [0.29, 0.717) is 12.3 Å². The minimum atomic E-state index is -0.616. The third-order valence-electron chi connectivity index (χ3n) is 5.80. The molecule has 1 heterocycles. The summed E-state index contributed by atoms with van der Waals surface area (Å²) in [5.41, 5.74) is 1.81. The number of hydrogen-bond donors (Lipinski definition) is 2. The van der Waals surface area contributed by atoms with Crippen LogP contribution in [-0.4, -0.2) is 60.7 Å². The summed E-state index contributed by atoms with van der Waals surface area (Å²) >= 11 is 0. The maximum Gasteiger partial charge on any atom is 0.165 e. The second-order valence-electron chi connectivity index (χ2n) is 8.00. The smallest absolute Gasteiger partial charge is 0.165 e. The Labute approximate surface area is 181 Å². The Morgan fingerprint density at radius 3 is 2.52 bits per heavy atom. The van der Waals surface area contributed by atoms with Crippen LogP contribution in [0.2, 0.25) is 0 Å².